The quantitative estimate of drug-likeness (QED) is 0.891. The first kappa shape index (κ1) is 15.4. The van der Waals surface area contributed by atoms with E-state index in [2.05, 4.69) is 10.3 Å². The van der Waals surface area contributed by atoms with Crippen LogP contribution < -0.4 is 10.1 Å². The second kappa shape index (κ2) is 5.76. The Balaban J connectivity index is 1.54. The van der Waals surface area contributed by atoms with Crippen molar-refractivity contribution in [2.75, 3.05) is 6.61 Å². The van der Waals surface area contributed by atoms with Crippen molar-refractivity contribution in [3.05, 3.63) is 57.2 Å². The molecule has 1 aliphatic heterocycles. The topological polar surface area (TPSA) is 68.3 Å². The lowest BCUT2D eigenvalue weighted by atomic mass is 10.0. The molecule has 7 heteroatoms. The van der Waals surface area contributed by atoms with Crippen LogP contribution in [0, 0.1) is 0 Å². The van der Waals surface area contributed by atoms with Crippen LogP contribution in [-0.4, -0.2) is 29.3 Å². The summed E-state index contributed by atoms with van der Waals surface area (Å²) >= 11 is 12.1. The van der Waals surface area contributed by atoms with Gasteiger partial charge in [0.05, 0.1) is 11.1 Å². The van der Waals surface area contributed by atoms with Crippen LogP contribution in [0.3, 0.4) is 0 Å². The molecule has 5 nitrogen and oxygen atoms in total. The second-order valence-electron chi connectivity index (χ2n) is 5.81. The number of ketones is 1. The molecule has 2 aliphatic rings. The van der Waals surface area contributed by atoms with E-state index < -0.39 is 12.0 Å². The number of carbonyl (C=O) groups is 2. The van der Waals surface area contributed by atoms with Gasteiger partial charge in [0, 0.05) is 28.8 Å². The average molecular weight is 363 g/mol. The van der Waals surface area contributed by atoms with Crippen LogP contribution >= 0.6 is 23.2 Å². The molecule has 24 heavy (non-hydrogen) atoms. The highest BCUT2D eigenvalue weighted by Crippen LogP contribution is 2.34. The van der Waals surface area contributed by atoms with Crippen LogP contribution in [-0.2, 0) is 11.2 Å². The van der Waals surface area contributed by atoms with E-state index in [0.717, 1.165) is 11.1 Å². The second-order valence-corrected chi connectivity index (χ2v) is 6.66. The van der Waals surface area contributed by atoms with E-state index in [1.54, 1.807) is 24.4 Å². The Kier molecular flexibility index (Phi) is 3.70. The molecule has 2 atom stereocenters. The third-order valence-corrected chi connectivity index (χ3v) is 4.84. The lowest BCUT2D eigenvalue weighted by Crippen LogP contribution is -2.42. The standard InChI is InChI=1S/C17H12Cl2N2O3/c18-9-4-8-5-13(15(22)14(8)12(19)6-9)21-16(23)11-7-24-17-10(11)2-1-3-20-17/h1-4,6,11,13H,5,7H2,(H,21,23). The number of ether oxygens (including phenoxy) is 1. The van der Waals surface area contributed by atoms with Gasteiger partial charge in [-0.15, -0.1) is 0 Å². The van der Waals surface area contributed by atoms with E-state index >= 15 is 0 Å². The number of pyridine rings is 1. The summed E-state index contributed by atoms with van der Waals surface area (Å²) in [6, 6.07) is 6.18. The van der Waals surface area contributed by atoms with Crippen LogP contribution in [0.4, 0.5) is 0 Å². The SMILES string of the molecule is O=C1c2c(Cl)cc(Cl)cc2CC1NC(=O)C1COc2ncccc21. The smallest absolute Gasteiger partial charge is 0.231 e. The Labute approximate surface area is 147 Å². The average Bonchev–Trinajstić information content (AvgIpc) is 3.09. The van der Waals surface area contributed by atoms with Gasteiger partial charge in [-0.25, -0.2) is 4.98 Å². The summed E-state index contributed by atoms with van der Waals surface area (Å²) in [7, 11) is 0. The predicted molar refractivity (Wildman–Crippen MR) is 88.9 cm³/mol. The number of fused-ring (bicyclic) bond motifs is 2. The maximum absolute atomic E-state index is 12.6. The maximum atomic E-state index is 12.6. The third kappa shape index (κ3) is 2.44. The van der Waals surface area contributed by atoms with Crippen molar-refractivity contribution >= 4 is 34.9 Å². The van der Waals surface area contributed by atoms with Crippen molar-refractivity contribution in [2.45, 2.75) is 18.4 Å². The summed E-state index contributed by atoms with van der Waals surface area (Å²) in [5.41, 5.74) is 1.93. The monoisotopic (exact) mass is 362 g/mol. The number of benzene rings is 1. The number of nitrogens with zero attached hydrogens (tertiary/aromatic N) is 1. The molecular weight excluding hydrogens is 351 g/mol. The number of halogens is 2. The molecule has 4 rings (SSSR count). The highest BCUT2D eigenvalue weighted by atomic mass is 35.5. The molecule has 2 unspecified atom stereocenters. The number of amides is 1. The van der Waals surface area contributed by atoms with Gasteiger partial charge in [-0.2, -0.15) is 0 Å². The molecule has 122 valence electrons. The molecular formula is C17H12Cl2N2O3. The van der Waals surface area contributed by atoms with Crippen LogP contribution in [0.25, 0.3) is 0 Å². The maximum Gasteiger partial charge on any atom is 0.231 e. The van der Waals surface area contributed by atoms with Crippen molar-refractivity contribution in [3.63, 3.8) is 0 Å². The van der Waals surface area contributed by atoms with Crippen molar-refractivity contribution in [1.29, 1.82) is 0 Å². The van der Waals surface area contributed by atoms with Gasteiger partial charge < -0.3 is 10.1 Å². The molecule has 2 aromatic rings. The molecule has 1 N–H and O–H groups in total. The number of hydrogen-bond donors (Lipinski definition) is 1. The van der Waals surface area contributed by atoms with Crippen molar-refractivity contribution in [2.24, 2.45) is 0 Å². The van der Waals surface area contributed by atoms with Crippen molar-refractivity contribution in [3.8, 4) is 5.88 Å². The predicted octanol–water partition coefficient (Wildman–Crippen LogP) is 2.79. The highest BCUT2D eigenvalue weighted by Gasteiger charge is 2.37. The minimum atomic E-state index is -0.635. The van der Waals surface area contributed by atoms with Crippen molar-refractivity contribution in [1.82, 2.24) is 10.3 Å². The summed E-state index contributed by atoms with van der Waals surface area (Å²) in [5, 5.41) is 3.60. The Bertz CT molecular complexity index is 869. The van der Waals surface area contributed by atoms with E-state index in [0.29, 0.717) is 27.9 Å². The summed E-state index contributed by atoms with van der Waals surface area (Å²) in [6.07, 6.45) is 2.00. The fraction of sp³-hybridized carbons (Fsp3) is 0.235. The molecule has 0 saturated heterocycles. The number of hydrogen-bond acceptors (Lipinski definition) is 4. The summed E-state index contributed by atoms with van der Waals surface area (Å²) in [6.45, 7) is 0.221. The molecule has 1 aromatic carbocycles. The fourth-order valence-electron chi connectivity index (χ4n) is 3.20. The zero-order chi connectivity index (χ0) is 16.8. The molecule has 1 amide bonds. The Hall–Kier alpha value is -2.11. The summed E-state index contributed by atoms with van der Waals surface area (Å²) < 4.78 is 5.42. The van der Waals surface area contributed by atoms with E-state index in [4.69, 9.17) is 27.9 Å². The third-order valence-electron chi connectivity index (χ3n) is 4.32. The van der Waals surface area contributed by atoms with Crippen LogP contribution in [0.5, 0.6) is 5.88 Å². The lowest BCUT2D eigenvalue weighted by Gasteiger charge is -2.14. The Morgan fingerprint density at radius 3 is 3.00 bits per heavy atom. The largest absolute Gasteiger partial charge is 0.476 e. The zero-order valence-corrected chi connectivity index (χ0v) is 13.9. The molecule has 0 spiro atoms. The van der Waals surface area contributed by atoms with E-state index in [1.165, 1.54) is 6.07 Å². The summed E-state index contributed by atoms with van der Waals surface area (Å²) in [4.78, 5) is 29.2. The molecule has 2 heterocycles. The Morgan fingerprint density at radius 2 is 2.17 bits per heavy atom. The van der Waals surface area contributed by atoms with E-state index in [9.17, 15) is 9.59 Å². The fourth-order valence-corrected chi connectivity index (χ4v) is 3.83. The number of nitrogens with one attached hydrogen (secondary N) is 1. The zero-order valence-electron chi connectivity index (χ0n) is 12.4. The molecule has 0 saturated carbocycles. The number of aromatic nitrogens is 1. The normalized spacial score (nSPS) is 21.2. The molecule has 0 fully saturated rings. The first-order chi connectivity index (χ1) is 11.5. The van der Waals surface area contributed by atoms with E-state index in [1.807, 2.05) is 0 Å². The van der Waals surface area contributed by atoms with E-state index in [-0.39, 0.29) is 18.3 Å². The van der Waals surface area contributed by atoms with Gasteiger partial charge in [0.1, 0.15) is 12.5 Å². The molecule has 0 bridgehead atoms. The molecule has 0 radical (unpaired) electrons. The van der Waals surface area contributed by atoms with Crippen LogP contribution in [0.15, 0.2) is 30.5 Å². The van der Waals surface area contributed by atoms with Gasteiger partial charge in [0.15, 0.2) is 5.78 Å². The van der Waals surface area contributed by atoms with Crippen molar-refractivity contribution < 1.29 is 14.3 Å². The number of rotatable bonds is 2. The van der Waals surface area contributed by atoms with Gasteiger partial charge in [0.2, 0.25) is 11.8 Å². The molecule has 1 aromatic heterocycles. The van der Waals surface area contributed by atoms with Gasteiger partial charge >= 0.3 is 0 Å². The first-order valence-corrected chi connectivity index (χ1v) is 8.20. The lowest BCUT2D eigenvalue weighted by molar-refractivity contribution is -0.123. The van der Waals surface area contributed by atoms with Gasteiger partial charge in [-0.1, -0.05) is 29.3 Å². The number of Topliss-reactive ketones (excluding diaryl/α,β-unsaturated/α-hetero) is 1. The minimum Gasteiger partial charge on any atom is -0.476 e. The highest BCUT2D eigenvalue weighted by molar-refractivity contribution is 6.37. The van der Waals surface area contributed by atoms with Gasteiger partial charge in [-0.3, -0.25) is 9.59 Å². The van der Waals surface area contributed by atoms with Crippen LogP contribution in [0.2, 0.25) is 10.0 Å². The van der Waals surface area contributed by atoms with Gasteiger partial charge in [-0.05, 0) is 23.8 Å². The summed E-state index contributed by atoms with van der Waals surface area (Å²) in [5.74, 6) is -0.446. The molecule has 1 aliphatic carbocycles. The van der Waals surface area contributed by atoms with Crippen LogP contribution in [0.1, 0.15) is 27.4 Å². The van der Waals surface area contributed by atoms with Gasteiger partial charge in [0.25, 0.3) is 0 Å². The first-order valence-electron chi connectivity index (χ1n) is 7.45. The number of carbonyl (C=O) groups excluding carboxylic acids is 2. The minimum absolute atomic E-state index is 0.189. The Morgan fingerprint density at radius 1 is 1.33 bits per heavy atom.